The molecule has 0 spiro atoms. The van der Waals surface area contributed by atoms with Crippen molar-refractivity contribution in [2.45, 2.75) is 20.4 Å². The molecule has 1 heterocycles. The topological polar surface area (TPSA) is 112 Å². The van der Waals surface area contributed by atoms with Gasteiger partial charge in [-0.3, -0.25) is 25.2 Å². The van der Waals surface area contributed by atoms with Crippen LogP contribution in [-0.2, 0) is 6.54 Å². The van der Waals surface area contributed by atoms with Gasteiger partial charge in [-0.25, -0.2) is 4.68 Å². The molecule has 0 aliphatic rings. The molecule has 0 bridgehead atoms. The fourth-order valence-electron chi connectivity index (χ4n) is 3.70. The number of aromatic nitrogens is 2. The lowest BCUT2D eigenvalue weighted by Crippen LogP contribution is -2.42. The van der Waals surface area contributed by atoms with Crippen LogP contribution in [-0.4, -0.2) is 34.8 Å². The second-order valence-corrected chi connectivity index (χ2v) is 7.78. The number of benzene rings is 3. The lowest BCUT2D eigenvalue weighted by atomic mass is 10.1. The summed E-state index contributed by atoms with van der Waals surface area (Å²) in [4.78, 5) is 38.8. The third-order valence-electron chi connectivity index (χ3n) is 5.35. The molecule has 9 nitrogen and oxygen atoms in total. The van der Waals surface area contributed by atoms with E-state index in [1.165, 1.54) is 4.68 Å². The Labute approximate surface area is 207 Å². The van der Waals surface area contributed by atoms with Crippen LogP contribution >= 0.6 is 0 Å². The van der Waals surface area contributed by atoms with E-state index in [2.05, 4.69) is 16.0 Å². The highest BCUT2D eigenvalue weighted by molar-refractivity contribution is 6.06. The summed E-state index contributed by atoms with van der Waals surface area (Å²) >= 11 is 0. The molecule has 2 amide bonds. The lowest BCUT2D eigenvalue weighted by molar-refractivity contribution is 0.0843. The van der Waals surface area contributed by atoms with Gasteiger partial charge in [0.15, 0.2) is 17.2 Å². The average molecular weight is 487 g/mol. The van der Waals surface area contributed by atoms with Crippen LogP contribution in [0.25, 0.3) is 10.8 Å². The summed E-state index contributed by atoms with van der Waals surface area (Å²) in [5.74, 6) is -0.248. The van der Waals surface area contributed by atoms with Crippen molar-refractivity contribution in [2.75, 3.05) is 13.2 Å². The van der Waals surface area contributed by atoms with Crippen LogP contribution in [0.3, 0.4) is 0 Å². The number of hydrogen-bond donors (Lipinski definition) is 2. The summed E-state index contributed by atoms with van der Waals surface area (Å²) in [5, 5.41) is 5.06. The zero-order valence-corrected chi connectivity index (χ0v) is 20.0. The number of carbonyl (C=O) groups is 2. The fraction of sp³-hybridized carbons (Fsp3) is 0.185. The number of hydrogen-bond acceptors (Lipinski definition) is 6. The predicted molar refractivity (Wildman–Crippen MR) is 135 cm³/mol. The third-order valence-corrected chi connectivity index (χ3v) is 5.35. The Bertz CT molecular complexity index is 1450. The first kappa shape index (κ1) is 24.5. The minimum atomic E-state index is -0.655. The van der Waals surface area contributed by atoms with E-state index in [9.17, 15) is 14.4 Å². The number of ether oxygens (including phenoxy) is 2. The van der Waals surface area contributed by atoms with E-state index in [4.69, 9.17) is 9.47 Å². The highest BCUT2D eigenvalue weighted by Crippen LogP contribution is 2.28. The van der Waals surface area contributed by atoms with Gasteiger partial charge in [0, 0.05) is 10.9 Å². The number of carbonyl (C=O) groups excluding carboxylic acids is 2. The van der Waals surface area contributed by atoms with E-state index in [1.54, 1.807) is 42.5 Å². The maximum Gasteiger partial charge on any atom is 0.290 e. The molecule has 4 rings (SSSR count). The number of nitrogens with one attached hydrogen (secondary N) is 2. The van der Waals surface area contributed by atoms with Gasteiger partial charge in [-0.2, -0.15) is 5.10 Å². The molecular weight excluding hydrogens is 460 g/mol. The van der Waals surface area contributed by atoms with E-state index in [-0.39, 0.29) is 23.4 Å². The molecule has 0 fully saturated rings. The van der Waals surface area contributed by atoms with Crippen molar-refractivity contribution in [3.8, 4) is 11.5 Å². The van der Waals surface area contributed by atoms with Gasteiger partial charge in [0.1, 0.15) is 0 Å². The zero-order valence-electron chi connectivity index (χ0n) is 20.0. The highest BCUT2D eigenvalue weighted by Gasteiger charge is 2.18. The summed E-state index contributed by atoms with van der Waals surface area (Å²) in [6.07, 6.45) is 0. The number of hydrazine groups is 1. The third kappa shape index (κ3) is 5.35. The van der Waals surface area contributed by atoms with E-state index in [0.717, 1.165) is 5.56 Å². The molecular formula is C27H26N4O5. The minimum absolute atomic E-state index is 0.0168. The Morgan fingerprint density at radius 3 is 2.17 bits per heavy atom. The summed E-state index contributed by atoms with van der Waals surface area (Å²) in [5.41, 5.74) is 5.65. The highest BCUT2D eigenvalue weighted by atomic mass is 16.5. The number of amides is 2. The summed E-state index contributed by atoms with van der Waals surface area (Å²) in [6, 6.07) is 20.8. The molecule has 0 saturated carbocycles. The van der Waals surface area contributed by atoms with E-state index in [0.29, 0.717) is 35.5 Å². The number of fused-ring (bicyclic) bond motifs is 1. The Balaban J connectivity index is 1.58. The van der Waals surface area contributed by atoms with Crippen LogP contribution < -0.4 is 25.9 Å². The first-order valence-corrected chi connectivity index (χ1v) is 11.6. The molecule has 9 heteroatoms. The predicted octanol–water partition coefficient (Wildman–Crippen LogP) is 3.32. The number of nitrogens with zero attached hydrogens (tertiary/aromatic N) is 2. The summed E-state index contributed by atoms with van der Waals surface area (Å²) in [7, 11) is 0. The minimum Gasteiger partial charge on any atom is -0.490 e. The van der Waals surface area contributed by atoms with Gasteiger partial charge in [-0.15, -0.1) is 0 Å². The summed E-state index contributed by atoms with van der Waals surface area (Å²) in [6.45, 7) is 4.74. The van der Waals surface area contributed by atoms with E-state index in [1.807, 2.05) is 44.2 Å². The smallest absolute Gasteiger partial charge is 0.290 e. The molecule has 184 valence electrons. The molecule has 1 aromatic heterocycles. The quantitative estimate of drug-likeness (QED) is 0.370. The van der Waals surface area contributed by atoms with Gasteiger partial charge in [0.05, 0.1) is 25.1 Å². The van der Waals surface area contributed by atoms with E-state index >= 15 is 0 Å². The molecule has 0 saturated heterocycles. The standard InChI is InChI=1S/C27H26N4O5/c1-3-35-22-15-14-19(16-23(22)36-4-2)25(32)28-29-26(33)24-20-12-8-9-13-21(20)27(34)31(30-24)17-18-10-6-5-7-11-18/h5-16H,3-4,17H2,1-2H3,(H,28,32)(H,29,33). The maximum atomic E-state index is 13.1. The average Bonchev–Trinajstić information content (AvgIpc) is 2.90. The van der Waals surface area contributed by atoms with Crippen molar-refractivity contribution in [2.24, 2.45) is 0 Å². The van der Waals surface area contributed by atoms with Crippen molar-refractivity contribution in [1.82, 2.24) is 20.6 Å². The number of rotatable bonds is 8. The van der Waals surface area contributed by atoms with Gasteiger partial charge in [-0.1, -0.05) is 48.5 Å². The second-order valence-electron chi connectivity index (χ2n) is 7.78. The Morgan fingerprint density at radius 1 is 0.806 bits per heavy atom. The Morgan fingerprint density at radius 2 is 1.44 bits per heavy atom. The Kier molecular flexibility index (Phi) is 7.60. The Hall–Kier alpha value is -4.66. The van der Waals surface area contributed by atoms with Gasteiger partial charge in [0.25, 0.3) is 17.4 Å². The molecule has 2 N–H and O–H groups in total. The molecule has 4 aromatic rings. The molecule has 3 aromatic carbocycles. The van der Waals surface area contributed by atoms with Crippen LogP contribution in [0.2, 0.25) is 0 Å². The SMILES string of the molecule is CCOc1ccc(C(=O)NNC(=O)c2nn(Cc3ccccc3)c(=O)c3ccccc23)cc1OCC. The largest absolute Gasteiger partial charge is 0.490 e. The van der Waals surface area contributed by atoms with Gasteiger partial charge in [0.2, 0.25) is 0 Å². The first-order chi connectivity index (χ1) is 17.5. The van der Waals surface area contributed by atoms with Gasteiger partial charge < -0.3 is 9.47 Å². The monoisotopic (exact) mass is 486 g/mol. The molecule has 0 aliphatic heterocycles. The zero-order chi connectivity index (χ0) is 25.5. The fourth-order valence-corrected chi connectivity index (χ4v) is 3.70. The normalized spacial score (nSPS) is 10.6. The van der Waals surface area contributed by atoms with Crippen molar-refractivity contribution >= 4 is 22.6 Å². The van der Waals surface area contributed by atoms with Crippen molar-refractivity contribution < 1.29 is 19.1 Å². The molecule has 0 unspecified atom stereocenters. The van der Waals surface area contributed by atoms with Gasteiger partial charge >= 0.3 is 0 Å². The van der Waals surface area contributed by atoms with Crippen molar-refractivity contribution in [1.29, 1.82) is 0 Å². The van der Waals surface area contributed by atoms with Crippen LogP contribution in [0.5, 0.6) is 11.5 Å². The van der Waals surface area contributed by atoms with Crippen molar-refractivity contribution in [3.63, 3.8) is 0 Å². The van der Waals surface area contributed by atoms with Crippen LogP contribution in [0.4, 0.5) is 0 Å². The molecule has 0 aliphatic carbocycles. The second kappa shape index (κ2) is 11.2. The van der Waals surface area contributed by atoms with Crippen LogP contribution in [0.15, 0.2) is 77.6 Å². The molecule has 36 heavy (non-hydrogen) atoms. The first-order valence-electron chi connectivity index (χ1n) is 11.6. The van der Waals surface area contributed by atoms with Crippen molar-refractivity contribution in [3.05, 3.63) is 100.0 Å². The van der Waals surface area contributed by atoms with Crippen LogP contribution in [0.1, 0.15) is 40.3 Å². The summed E-state index contributed by atoms with van der Waals surface area (Å²) < 4.78 is 12.3. The van der Waals surface area contributed by atoms with E-state index < -0.39 is 11.8 Å². The van der Waals surface area contributed by atoms with Gasteiger partial charge in [-0.05, 0) is 43.7 Å². The molecule has 0 radical (unpaired) electrons. The van der Waals surface area contributed by atoms with Crippen LogP contribution in [0, 0.1) is 0 Å². The lowest BCUT2D eigenvalue weighted by Gasteiger charge is -2.14. The maximum absolute atomic E-state index is 13.1. The molecule has 0 atom stereocenters.